The van der Waals surface area contributed by atoms with Crippen molar-refractivity contribution in [2.24, 2.45) is 0 Å². The van der Waals surface area contributed by atoms with E-state index in [1.54, 1.807) is 23.1 Å². The molecule has 0 saturated carbocycles. The second-order valence-corrected chi connectivity index (χ2v) is 6.71. The van der Waals surface area contributed by atoms with Crippen LogP contribution in [0.5, 0.6) is 0 Å². The molecular weight excluding hydrogens is 360 g/mol. The van der Waals surface area contributed by atoms with Crippen LogP contribution in [0.15, 0.2) is 73.2 Å². The van der Waals surface area contributed by atoms with Crippen LogP contribution in [0.25, 0.3) is 16.6 Å². The van der Waals surface area contributed by atoms with Gasteiger partial charge in [0.2, 0.25) is 0 Å². The molecule has 0 aliphatic rings. The molecule has 4 aromatic rings. The molecule has 2 aromatic heterocycles. The van der Waals surface area contributed by atoms with Gasteiger partial charge < -0.3 is 9.88 Å². The van der Waals surface area contributed by atoms with Gasteiger partial charge in [0.25, 0.3) is 5.91 Å². The molecule has 27 heavy (non-hydrogen) atoms. The molecule has 1 amide bonds. The number of fused-ring (bicyclic) bond motifs is 1. The van der Waals surface area contributed by atoms with E-state index in [4.69, 9.17) is 11.6 Å². The highest BCUT2D eigenvalue weighted by Gasteiger charge is 2.10. The van der Waals surface area contributed by atoms with Gasteiger partial charge in [-0.2, -0.15) is 5.10 Å². The van der Waals surface area contributed by atoms with Gasteiger partial charge in [0.15, 0.2) is 0 Å². The van der Waals surface area contributed by atoms with Gasteiger partial charge in [0, 0.05) is 31.0 Å². The number of nitrogens with one attached hydrogen (secondary N) is 1. The van der Waals surface area contributed by atoms with E-state index in [0.29, 0.717) is 17.1 Å². The summed E-state index contributed by atoms with van der Waals surface area (Å²) in [6.07, 6.45) is 6.18. The van der Waals surface area contributed by atoms with Crippen LogP contribution in [0.4, 0.5) is 0 Å². The SMILES string of the molecule is O=C(NCCCn1ccc2ccccc21)c1cnn(-c2ccccc2Cl)c1. The number of nitrogens with zero attached hydrogens (tertiary/aromatic N) is 3. The van der Waals surface area contributed by atoms with Crippen LogP contribution in [0.3, 0.4) is 0 Å². The van der Waals surface area contributed by atoms with Gasteiger partial charge in [0.1, 0.15) is 0 Å². The Balaban J connectivity index is 1.33. The van der Waals surface area contributed by atoms with Crippen LogP contribution >= 0.6 is 11.6 Å². The average Bonchev–Trinajstić information content (AvgIpc) is 3.33. The normalized spacial score (nSPS) is 11.0. The van der Waals surface area contributed by atoms with Crippen LogP contribution in [-0.2, 0) is 6.54 Å². The third kappa shape index (κ3) is 3.73. The number of hydrogen-bond acceptors (Lipinski definition) is 2. The maximum atomic E-state index is 12.3. The first-order valence-electron chi connectivity index (χ1n) is 8.84. The van der Waals surface area contributed by atoms with E-state index >= 15 is 0 Å². The summed E-state index contributed by atoms with van der Waals surface area (Å²) < 4.78 is 3.82. The number of halogens is 1. The van der Waals surface area contributed by atoms with Crippen molar-refractivity contribution in [3.05, 3.63) is 83.8 Å². The van der Waals surface area contributed by atoms with E-state index < -0.39 is 0 Å². The topological polar surface area (TPSA) is 51.9 Å². The summed E-state index contributed by atoms with van der Waals surface area (Å²) in [4.78, 5) is 12.3. The summed E-state index contributed by atoms with van der Waals surface area (Å²) in [6.45, 7) is 1.45. The Morgan fingerprint density at radius 1 is 1.07 bits per heavy atom. The number of carbonyl (C=O) groups is 1. The quantitative estimate of drug-likeness (QED) is 0.508. The minimum absolute atomic E-state index is 0.134. The van der Waals surface area contributed by atoms with Crippen LogP contribution in [0.1, 0.15) is 16.8 Å². The Kier molecular flexibility index (Phi) is 4.94. The van der Waals surface area contributed by atoms with Crippen molar-refractivity contribution in [3.63, 3.8) is 0 Å². The summed E-state index contributed by atoms with van der Waals surface area (Å²) in [5.74, 6) is -0.134. The largest absolute Gasteiger partial charge is 0.352 e. The molecule has 0 atom stereocenters. The average molecular weight is 379 g/mol. The molecule has 1 N–H and O–H groups in total. The highest BCUT2D eigenvalue weighted by Crippen LogP contribution is 2.19. The molecule has 0 aliphatic heterocycles. The summed E-state index contributed by atoms with van der Waals surface area (Å²) in [6, 6.07) is 17.8. The molecule has 0 fully saturated rings. The maximum absolute atomic E-state index is 12.3. The molecule has 2 aromatic carbocycles. The van der Waals surface area contributed by atoms with E-state index in [0.717, 1.165) is 18.7 Å². The van der Waals surface area contributed by atoms with Crippen molar-refractivity contribution >= 4 is 28.4 Å². The number of benzene rings is 2. The Morgan fingerprint density at radius 2 is 1.89 bits per heavy atom. The molecule has 2 heterocycles. The Labute approximate surface area is 162 Å². The lowest BCUT2D eigenvalue weighted by Gasteiger charge is -2.07. The number of para-hydroxylation sites is 2. The first-order chi connectivity index (χ1) is 13.2. The first kappa shape index (κ1) is 17.4. The summed E-state index contributed by atoms with van der Waals surface area (Å²) in [5, 5.41) is 9.01. The summed E-state index contributed by atoms with van der Waals surface area (Å²) in [7, 11) is 0. The second kappa shape index (κ2) is 7.68. The lowest BCUT2D eigenvalue weighted by atomic mass is 10.2. The van der Waals surface area contributed by atoms with Gasteiger partial charge in [-0.05, 0) is 36.1 Å². The van der Waals surface area contributed by atoms with Crippen LogP contribution in [0, 0.1) is 0 Å². The Bertz CT molecular complexity index is 1080. The highest BCUT2D eigenvalue weighted by molar-refractivity contribution is 6.32. The molecule has 0 radical (unpaired) electrons. The summed E-state index contributed by atoms with van der Waals surface area (Å²) >= 11 is 6.18. The molecule has 0 spiro atoms. The van der Waals surface area contributed by atoms with Gasteiger partial charge in [-0.15, -0.1) is 0 Å². The fraction of sp³-hybridized carbons (Fsp3) is 0.143. The summed E-state index contributed by atoms with van der Waals surface area (Å²) in [5.41, 5.74) is 2.48. The van der Waals surface area contributed by atoms with Gasteiger partial charge in [-0.25, -0.2) is 4.68 Å². The zero-order valence-electron chi connectivity index (χ0n) is 14.7. The molecule has 5 nitrogen and oxygen atoms in total. The van der Waals surface area contributed by atoms with Crippen molar-refractivity contribution in [1.29, 1.82) is 0 Å². The Morgan fingerprint density at radius 3 is 2.78 bits per heavy atom. The lowest BCUT2D eigenvalue weighted by Crippen LogP contribution is -2.24. The van der Waals surface area contributed by atoms with E-state index in [1.165, 1.54) is 10.9 Å². The van der Waals surface area contributed by atoms with Crippen molar-refractivity contribution in [3.8, 4) is 5.69 Å². The number of hydrogen-bond donors (Lipinski definition) is 1. The van der Waals surface area contributed by atoms with E-state index in [9.17, 15) is 4.79 Å². The minimum atomic E-state index is -0.134. The van der Waals surface area contributed by atoms with E-state index in [2.05, 4.69) is 39.4 Å². The smallest absolute Gasteiger partial charge is 0.254 e. The van der Waals surface area contributed by atoms with Crippen LogP contribution < -0.4 is 5.32 Å². The van der Waals surface area contributed by atoms with Crippen molar-refractivity contribution < 1.29 is 4.79 Å². The van der Waals surface area contributed by atoms with E-state index in [-0.39, 0.29) is 5.91 Å². The fourth-order valence-electron chi connectivity index (χ4n) is 3.10. The minimum Gasteiger partial charge on any atom is -0.352 e. The van der Waals surface area contributed by atoms with Gasteiger partial charge >= 0.3 is 0 Å². The van der Waals surface area contributed by atoms with Crippen LogP contribution in [0.2, 0.25) is 5.02 Å². The van der Waals surface area contributed by atoms with Gasteiger partial charge in [-0.1, -0.05) is 41.9 Å². The van der Waals surface area contributed by atoms with E-state index in [1.807, 2.05) is 30.3 Å². The third-order valence-electron chi connectivity index (χ3n) is 4.49. The number of rotatable bonds is 6. The second-order valence-electron chi connectivity index (χ2n) is 6.30. The van der Waals surface area contributed by atoms with Crippen molar-refractivity contribution in [1.82, 2.24) is 19.7 Å². The predicted molar refractivity (Wildman–Crippen MR) is 107 cm³/mol. The number of aromatic nitrogens is 3. The number of carbonyl (C=O) groups excluding carboxylic acids is 1. The molecule has 0 bridgehead atoms. The first-order valence-corrected chi connectivity index (χ1v) is 9.22. The molecule has 0 unspecified atom stereocenters. The van der Waals surface area contributed by atoms with Crippen molar-refractivity contribution in [2.45, 2.75) is 13.0 Å². The van der Waals surface area contributed by atoms with Gasteiger partial charge in [0.05, 0.1) is 22.5 Å². The third-order valence-corrected chi connectivity index (χ3v) is 4.81. The molecule has 136 valence electrons. The highest BCUT2D eigenvalue weighted by atomic mass is 35.5. The molecule has 0 aliphatic carbocycles. The van der Waals surface area contributed by atoms with Crippen molar-refractivity contribution in [2.75, 3.05) is 6.54 Å². The maximum Gasteiger partial charge on any atom is 0.254 e. The zero-order valence-corrected chi connectivity index (χ0v) is 15.4. The van der Waals surface area contributed by atoms with Gasteiger partial charge in [-0.3, -0.25) is 4.79 Å². The molecule has 0 saturated heterocycles. The number of aryl methyl sites for hydroxylation is 1. The van der Waals surface area contributed by atoms with Crippen LogP contribution in [-0.4, -0.2) is 26.8 Å². The predicted octanol–water partition coefficient (Wildman–Crippen LogP) is 4.30. The Hall–Kier alpha value is -3.05. The fourth-order valence-corrected chi connectivity index (χ4v) is 3.32. The number of amides is 1. The monoisotopic (exact) mass is 378 g/mol. The molecule has 6 heteroatoms. The molecule has 4 rings (SSSR count). The standard InChI is InChI=1S/C21H19ClN4O/c22-18-7-2-4-9-20(18)26-15-17(14-24-26)21(27)23-11-5-12-25-13-10-16-6-1-3-8-19(16)25/h1-4,6-10,13-15H,5,11-12H2,(H,23,27). The zero-order chi connectivity index (χ0) is 18.6. The lowest BCUT2D eigenvalue weighted by molar-refractivity contribution is 0.0953. The molecular formula is C21H19ClN4O.